The van der Waals surface area contributed by atoms with Gasteiger partial charge in [-0.2, -0.15) is 0 Å². The van der Waals surface area contributed by atoms with E-state index in [9.17, 15) is 9.90 Å². The number of fused-ring (bicyclic) bond motifs is 1. The first-order valence-electron chi connectivity index (χ1n) is 8.43. The summed E-state index contributed by atoms with van der Waals surface area (Å²) in [7, 11) is 0. The van der Waals surface area contributed by atoms with Gasteiger partial charge in [-0.05, 0) is 30.2 Å². The minimum Gasteiger partial charge on any atom is -0.477 e. The van der Waals surface area contributed by atoms with Gasteiger partial charge in [0, 0.05) is 35.2 Å². The molecule has 2 N–H and O–H groups in total. The number of H-pyrrole nitrogens is 1. The van der Waals surface area contributed by atoms with Crippen molar-refractivity contribution in [2.75, 3.05) is 31.2 Å². The van der Waals surface area contributed by atoms with E-state index in [2.05, 4.69) is 22.0 Å². The van der Waals surface area contributed by atoms with E-state index in [0.29, 0.717) is 0 Å². The van der Waals surface area contributed by atoms with Gasteiger partial charge >= 0.3 is 5.97 Å². The summed E-state index contributed by atoms with van der Waals surface area (Å²) in [4.78, 5) is 17.1. The minimum atomic E-state index is -0.942. The molecule has 128 valence electrons. The van der Waals surface area contributed by atoms with Crippen LogP contribution in [0.4, 0.5) is 5.69 Å². The Morgan fingerprint density at radius 2 is 1.84 bits per heavy atom. The second kappa shape index (κ2) is 6.26. The zero-order chi connectivity index (χ0) is 17.4. The number of aromatic carboxylic acids is 1. The Labute approximate surface area is 145 Å². The van der Waals surface area contributed by atoms with Crippen LogP contribution >= 0.6 is 0 Å². The SMILES string of the molecule is Cc1cccc2c(-c3ccc(N4CCOCC4)cc3)c(C(=O)O)[nH]c12. The average Bonchev–Trinajstić information content (AvgIpc) is 3.04. The van der Waals surface area contributed by atoms with Crippen LogP contribution in [-0.4, -0.2) is 42.4 Å². The number of para-hydroxylation sites is 1. The van der Waals surface area contributed by atoms with Crippen molar-refractivity contribution in [2.45, 2.75) is 6.92 Å². The second-order valence-corrected chi connectivity index (χ2v) is 6.32. The van der Waals surface area contributed by atoms with Crippen molar-refractivity contribution in [1.82, 2.24) is 4.98 Å². The number of hydrogen-bond acceptors (Lipinski definition) is 3. The predicted molar refractivity (Wildman–Crippen MR) is 98.5 cm³/mol. The van der Waals surface area contributed by atoms with Gasteiger partial charge in [0.15, 0.2) is 0 Å². The molecule has 0 amide bonds. The van der Waals surface area contributed by atoms with Gasteiger partial charge in [-0.15, -0.1) is 0 Å². The normalized spacial score (nSPS) is 14.8. The average molecular weight is 336 g/mol. The quantitative estimate of drug-likeness (QED) is 0.766. The fraction of sp³-hybridized carbons (Fsp3) is 0.250. The highest BCUT2D eigenvalue weighted by atomic mass is 16.5. The zero-order valence-electron chi connectivity index (χ0n) is 14.1. The molecule has 4 rings (SSSR count). The van der Waals surface area contributed by atoms with Gasteiger partial charge in [0.2, 0.25) is 0 Å². The molecule has 0 spiro atoms. The first-order valence-corrected chi connectivity index (χ1v) is 8.43. The van der Waals surface area contributed by atoms with Crippen LogP contribution in [0.15, 0.2) is 42.5 Å². The minimum absolute atomic E-state index is 0.239. The van der Waals surface area contributed by atoms with Gasteiger partial charge in [-0.25, -0.2) is 4.79 Å². The highest BCUT2D eigenvalue weighted by molar-refractivity contribution is 6.08. The Morgan fingerprint density at radius 1 is 1.12 bits per heavy atom. The van der Waals surface area contributed by atoms with Crippen LogP contribution in [0, 0.1) is 6.92 Å². The third-order valence-corrected chi connectivity index (χ3v) is 4.79. The molecular formula is C20H20N2O3. The summed E-state index contributed by atoms with van der Waals surface area (Å²) >= 11 is 0. The fourth-order valence-corrected chi connectivity index (χ4v) is 3.48. The highest BCUT2D eigenvalue weighted by Crippen LogP contribution is 2.34. The number of morpholine rings is 1. The summed E-state index contributed by atoms with van der Waals surface area (Å²) in [5.41, 5.74) is 4.96. The number of rotatable bonds is 3. The lowest BCUT2D eigenvalue weighted by atomic mass is 10.0. The van der Waals surface area contributed by atoms with Gasteiger partial charge < -0.3 is 19.7 Å². The van der Waals surface area contributed by atoms with Gasteiger partial charge in [0.25, 0.3) is 0 Å². The smallest absolute Gasteiger partial charge is 0.352 e. The van der Waals surface area contributed by atoms with Crippen molar-refractivity contribution in [3.8, 4) is 11.1 Å². The number of carboxylic acids is 1. The molecule has 5 heteroatoms. The molecule has 0 unspecified atom stereocenters. The summed E-state index contributed by atoms with van der Waals surface area (Å²) in [6.07, 6.45) is 0. The van der Waals surface area contributed by atoms with Crippen LogP contribution in [0.2, 0.25) is 0 Å². The third-order valence-electron chi connectivity index (χ3n) is 4.79. The molecule has 5 nitrogen and oxygen atoms in total. The van der Waals surface area contributed by atoms with Gasteiger partial charge in [-0.3, -0.25) is 0 Å². The summed E-state index contributed by atoms with van der Waals surface area (Å²) in [5.74, 6) is -0.942. The maximum absolute atomic E-state index is 11.7. The van der Waals surface area contributed by atoms with Crippen LogP contribution in [0.5, 0.6) is 0 Å². The van der Waals surface area contributed by atoms with Gasteiger partial charge in [0.05, 0.1) is 13.2 Å². The molecule has 1 aliphatic heterocycles. The molecule has 1 saturated heterocycles. The van der Waals surface area contributed by atoms with Crippen molar-refractivity contribution < 1.29 is 14.6 Å². The first kappa shape index (κ1) is 15.7. The number of benzene rings is 2. The molecule has 2 aromatic carbocycles. The van der Waals surface area contributed by atoms with E-state index in [1.807, 2.05) is 37.3 Å². The molecule has 1 aromatic heterocycles. The summed E-state index contributed by atoms with van der Waals surface area (Å²) in [6, 6.07) is 14.0. The monoisotopic (exact) mass is 336 g/mol. The fourth-order valence-electron chi connectivity index (χ4n) is 3.48. The van der Waals surface area contributed by atoms with Crippen molar-refractivity contribution in [3.05, 3.63) is 53.7 Å². The van der Waals surface area contributed by atoms with Crippen LogP contribution in [0.3, 0.4) is 0 Å². The lowest BCUT2D eigenvalue weighted by Gasteiger charge is -2.28. The summed E-state index contributed by atoms with van der Waals surface area (Å²) in [6.45, 7) is 5.23. The predicted octanol–water partition coefficient (Wildman–Crippen LogP) is 3.68. The Hall–Kier alpha value is -2.79. The van der Waals surface area contributed by atoms with Crippen LogP contribution in [0.25, 0.3) is 22.0 Å². The molecule has 0 bridgehead atoms. The number of nitrogens with zero attached hydrogens (tertiary/aromatic N) is 1. The number of ether oxygens (including phenoxy) is 1. The van der Waals surface area contributed by atoms with Crippen molar-refractivity contribution >= 4 is 22.6 Å². The Bertz CT molecular complexity index is 922. The van der Waals surface area contributed by atoms with Gasteiger partial charge in [0.1, 0.15) is 5.69 Å². The molecular weight excluding hydrogens is 316 g/mol. The molecule has 0 saturated carbocycles. The van der Waals surface area contributed by atoms with Crippen molar-refractivity contribution in [2.24, 2.45) is 0 Å². The standard InChI is InChI=1S/C20H20N2O3/c1-13-3-2-4-16-17(19(20(23)24)21-18(13)16)14-5-7-15(8-6-14)22-9-11-25-12-10-22/h2-8,21H,9-12H2,1H3,(H,23,24). The molecule has 25 heavy (non-hydrogen) atoms. The lowest BCUT2D eigenvalue weighted by molar-refractivity contribution is 0.0692. The van der Waals surface area contributed by atoms with Crippen molar-refractivity contribution in [1.29, 1.82) is 0 Å². The van der Waals surface area contributed by atoms with Crippen LogP contribution in [-0.2, 0) is 4.74 Å². The number of hydrogen-bond donors (Lipinski definition) is 2. The molecule has 1 aliphatic rings. The largest absolute Gasteiger partial charge is 0.477 e. The number of aryl methyl sites for hydroxylation is 1. The van der Waals surface area contributed by atoms with Crippen LogP contribution < -0.4 is 4.90 Å². The number of carboxylic acid groups (broad SMARTS) is 1. The number of aromatic amines is 1. The van der Waals surface area contributed by atoms with E-state index in [1.165, 1.54) is 0 Å². The first-order chi connectivity index (χ1) is 12.1. The molecule has 0 aliphatic carbocycles. The van der Waals surface area contributed by atoms with E-state index < -0.39 is 5.97 Å². The maximum Gasteiger partial charge on any atom is 0.352 e. The highest BCUT2D eigenvalue weighted by Gasteiger charge is 2.20. The lowest BCUT2D eigenvalue weighted by Crippen LogP contribution is -2.36. The van der Waals surface area contributed by atoms with E-state index in [1.54, 1.807) is 0 Å². The van der Waals surface area contributed by atoms with E-state index in [4.69, 9.17) is 4.74 Å². The Kier molecular flexibility index (Phi) is 3.93. The molecule has 0 radical (unpaired) electrons. The van der Waals surface area contributed by atoms with E-state index >= 15 is 0 Å². The van der Waals surface area contributed by atoms with Crippen LogP contribution in [0.1, 0.15) is 16.1 Å². The van der Waals surface area contributed by atoms with Gasteiger partial charge in [-0.1, -0.05) is 30.3 Å². The molecule has 0 atom stereocenters. The second-order valence-electron chi connectivity index (χ2n) is 6.32. The number of anilines is 1. The summed E-state index contributed by atoms with van der Waals surface area (Å²) < 4.78 is 5.39. The maximum atomic E-state index is 11.7. The van der Waals surface area contributed by atoms with E-state index in [-0.39, 0.29) is 5.69 Å². The third kappa shape index (κ3) is 2.76. The Morgan fingerprint density at radius 3 is 2.52 bits per heavy atom. The zero-order valence-corrected chi connectivity index (χ0v) is 14.1. The summed E-state index contributed by atoms with van der Waals surface area (Å²) in [5, 5.41) is 10.6. The number of nitrogens with one attached hydrogen (secondary N) is 1. The molecule has 1 fully saturated rings. The number of carbonyl (C=O) groups is 1. The molecule has 2 heterocycles. The van der Waals surface area contributed by atoms with Crippen molar-refractivity contribution in [3.63, 3.8) is 0 Å². The topological polar surface area (TPSA) is 65.6 Å². The Balaban J connectivity index is 1.80. The molecule has 3 aromatic rings. The number of aromatic nitrogens is 1. The van der Waals surface area contributed by atoms with E-state index in [0.717, 1.165) is 59.6 Å².